The van der Waals surface area contributed by atoms with E-state index >= 15 is 0 Å². The Hall–Kier alpha value is -4.11. The van der Waals surface area contributed by atoms with Gasteiger partial charge in [-0.25, -0.2) is 4.39 Å². The summed E-state index contributed by atoms with van der Waals surface area (Å²) in [5, 5.41) is 12.1. The number of rotatable bonds is 7. The third kappa shape index (κ3) is 5.94. The quantitative estimate of drug-likeness (QED) is 0.421. The van der Waals surface area contributed by atoms with Crippen LogP contribution in [0.1, 0.15) is 16.7 Å². The monoisotopic (exact) mass is 416 g/mol. The standard InChI is InChI=1S/C25H21FN2O3/c1-17-3-10-22(11-4-17)28-25(29)20(15-27)13-19-7-12-23(24(14-19)30-2)31-16-18-5-8-21(26)9-6-18/h3-14H,16H2,1-2H3,(H,28,29)/b20-13-. The van der Waals surface area contributed by atoms with Crippen molar-refractivity contribution in [1.29, 1.82) is 5.26 Å². The first-order valence-electron chi connectivity index (χ1n) is 9.53. The van der Waals surface area contributed by atoms with Crippen LogP contribution in [0.2, 0.25) is 0 Å². The van der Waals surface area contributed by atoms with Crippen molar-refractivity contribution in [2.45, 2.75) is 13.5 Å². The van der Waals surface area contributed by atoms with E-state index in [-0.39, 0.29) is 18.0 Å². The van der Waals surface area contributed by atoms with Gasteiger partial charge in [0.05, 0.1) is 7.11 Å². The fourth-order valence-corrected chi connectivity index (χ4v) is 2.79. The van der Waals surface area contributed by atoms with Crippen LogP contribution < -0.4 is 14.8 Å². The number of nitriles is 1. The number of halogens is 1. The summed E-state index contributed by atoms with van der Waals surface area (Å²) in [4.78, 5) is 12.5. The van der Waals surface area contributed by atoms with Gasteiger partial charge in [0.1, 0.15) is 24.1 Å². The summed E-state index contributed by atoms with van der Waals surface area (Å²) in [6.07, 6.45) is 1.48. The Morgan fingerprint density at radius 1 is 1.06 bits per heavy atom. The van der Waals surface area contributed by atoms with Crippen molar-refractivity contribution in [3.8, 4) is 17.6 Å². The highest BCUT2D eigenvalue weighted by Crippen LogP contribution is 2.30. The van der Waals surface area contributed by atoms with Crippen molar-refractivity contribution in [1.82, 2.24) is 0 Å². The zero-order valence-corrected chi connectivity index (χ0v) is 17.2. The first kappa shape index (κ1) is 21.6. The summed E-state index contributed by atoms with van der Waals surface area (Å²) in [7, 11) is 1.50. The Balaban J connectivity index is 1.74. The molecule has 0 radical (unpaired) electrons. The highest BCUT2D eigenvalue weighted by molar-refractivity contribution is 6.09. The molecular formula is C25H21FN2O3. The summed E-state index contributed by atoms with van der Waals surface area (Å²) in [5.41, 5.74) is 3.07. The molecule has 0 bridgehead atoms. The molecule has 0 aliphatic rings. The predicted octanol–water partition coefficient (Wildman–Crippen LogP) is 5.27. The summed E-state index contributed by atoms with van der Waals surface area (Å²) in [6.45, 7) is 2.20. The van der Waals surface area contributed by atoms with Gasteiger partial charge in [0.15, 0.2) is 11.5 Å². The van der Waals surface area contributed by atoms with Gasteiger partial charge in [-0.05, 0) is 60.5 Å². The first-order valence-corrected chi connectivity index (χ1v) is 9.53. The number of aryl methyl sites for hydroxylation is 1. The summed E-state index contributed by atoms with van der Waals surface area (Å²) < 4.78 is 24.2. The topological polar surface area (TPSA) is 71.3 Å². The van der Waals surface area contributed by atoms with Crippen LogP contribution in [0.25, 0.3) is 6.08 Å². The molecule has 0 aliphatic heterocycles. The summed E-state index contributed by atoms with van der Waals surface area (Å²) in [6, 6.07) is 20.4. The van der Waals surface area contributed by atoms with Crippen LogP contribution in [0.15, 0.2) is 72.3 Å². The molecule has 5 nitrogen and oxygen atoms in total. The minimum atomic E-state index is -0.498. The molecule has 0 aliphatic carbocycles. The van der Waals surface area contributed by atoms with Gasteiger partial charge in [-0.15, -0.1) is 0 Å². The number of hydrogen-bond donors (Lipinski definition) is 1. The fourth-order valence-electron chi connectivity index (χ4n) is 2.79. The number of benzene rings is 3. The summed E-state index contributed by atoms with van der Waals surface area (Å²) >= 11 is 0. The van der Waals surface area contributed by atoms with Crippen molar-refractivity contribution >= 4 is 17.7 Å². The van der Waals surface area contributed by atoms with Crippen LogP contribution >= 0.6 is 0 Å². The third-order valence-electron chi connectivity index (χ3n) is 4.48. The fraction of sp³-hybridized carbons (Fsp3) is 0.120. The molecule has 0 heterocycles. The Morgan fingerprint density at radius 2 is 1.77 bits per heavy atom. The van der Waals surface area contributed by atoms with E-state index in [2.05, 4.69) is 5.32 Å². The number of ether oxygens (including phenoxy) is 2. The molecule has 6 heteroatoms. The third-order valence-corrected chi connectivity index (χ3v) is 4.48. The van der Waals surface area contributed by atoms with Crippen LogP contribution in [0.3, 0.4) is 0 Å². The molecule has 0 aromatic heterocycles. The lowest BCUT2D eigenvalue weighted by Crippen LogP contribution is -2.13. The number of nitrogens with zero attached hydrogens (tertiary/aromatic N) is 1. The van der Waals surface area contributed by atoms with Crippen molar-refractivity contribution in [2.75, 3.05) is 12.4 Å². The SMILES string of the molecule is COc1cc(/C=C(/C#N)C(=O)Nc2ccc(C)cc2)ccc1OCc1ccc(F)cc1. The average molecular weight is 416 g/mol. The van der Waals surface area contributed by atoms with Gasteiger partial charge in [0, 0.05) is 5.69 Å². The molecule has 156 valence electrons. The molecule has 3 aromatic carbocycles. The molecule has 31 heavy (non-hydrogen) atoms. The molecule has 0 atom stereocenters. The Morgan fingerprint density at radius 3 is 2.42 bits per heavy atom. The minimum Gasteiger partial charge on any atom is -0.493 e. The highest BCUT2D eigenvalue weighted by atomic mass is 19.1. The van der Waals surface area contributed by atoms with Gasteiger partial charge < -0.3 is 14.8 Å². The number of methoxy groups -OCH3 is 1. The normalized spacial score (nSPS) is 10.8. The van der Waals surface area contributed by atoms with Crippen LogP contribution in [0.5, 0.6) is 11.5 Å². The van der Waals surface area contributed by atoms with E-state index in [1.54, 1.807) is 42.5 Å². The van der Waals surface area contributed by atoms with E-state index in [0.29, 0.717) is 22.7 Å². The van der Waals surface area contributed by atoms with Crippen molar-refractivity contribution in [3.05, 3.63) is 94.8 Å². The summed E-state index contributed by atoms with van der Waals surface area (Å²) in [5.74, 6) is 0.137. The Labute approximate surface area is 180 Å². The molecule has 0 saturated carbocycles. The van der Waals surface area contributed by atoms with Gasteiger partial charge in [-0.3, -0.25) is 4.79 Å². The predicted molar refractivity (Wildman–Crippen MR) is 117 cm³/mol. The number of carbonyl (C=O) groups is 1. The minimum absolute atomic E-state index is 0.0393. The van der Waals surface area contributed by atoms with Crippen LogP contribution in [0.4, 0.5) is 10.1 Å². The second-order valence-electron chi connectivity index (χ2n) is 6.82. The van der Waals surface area contributed by atoms with Crippen LogP contribution in [0, 0.1) is 24.1 Å². The Kier molecular flexibility index (Phi) is 7.02. The molecule has 0 fully saturated rings. The van der Waals surface area contributed by atoms with Crippen molar-refractivity contribution < 1.29 is 18.7 Å². The zero-order chi connectivity index (χ0) is 22.2. The molecule has 0 saturated heterocycles. The van der Waals surface area contributed by atoms with E-state index in [9.17, 15) is 14.4 Å². The highest BCUT2D eigenvalue weighted by Gasteiger charge is 2.11. The number of nitrogens with one attached hydrogen (secondary N) is 1. The molecule has 0 unspecified atom stereocenters. The number of carbonyl (C=O) groups excluding carboxylic acids is 1. The molecule has 1 N–H and O–H groups in total. The zero-order valence-electron chi connectivity index (χ0n) is 17.2. The number of anilines is 1. The maximum absolute atomic E-state index is 13.0. The van der Waals surface area contributed by atoms with Crippen molar-refractivity contribution in [3.63, 3.8) is 0 Å². The first-order chi connectivity index (χ1) is 15.0. The number of hydrogen-bond acceptors (Lipinski definition) is 4. The van der Waals surface area contributed by atoms with E-state index < -0.39 is 5.91 Å². The van der Waals surface area contributed by atoms with Gasteiger partial charge in [0.25, 0.3) is 5.91 Å². The van der Waals surface area contributed by atoms with Gasteiger partial charge >= 0.3 is 0 Å². The maximum Gasteiger partial charge on any atom is 0.266 e. The van der Waals surface area contributed by atoms with Crippen molar-refractivity contribution in [2.24, 2.45) is 0 Å². The van der Waals surface area contributed by atoms with Gasteiger partial charge in [-0.1, -0.05) is 35.9 Å². The molecule has 0 spiro atoms. The smallest absolute Gasteiger partial charge is 0.266 e. The molecule has 1 amide bonds. The lowest BCUT2D eigenvalue weighted by molar-refractivity contribution is -0.112. The van der Waals surface area contributed by atoms with E-state index in [4.69, 9.17) is 9.47 Å². The maximum atomic E-state index is 13.0. The molecule has 3 rings (SSSR count). The van der Waals surface area contributed by atoms with Crippen LogP contribution in [-0.4, -0.2) is 13.0 Å². The van der Waals surface area contributed by atoms with E-state index in [0.717, 1.165) is 11.1 Å². The molecule has 3 aromatic rings. The Bertz CT molecular complexity index is 1130. The largest absolute Gasteiger partial charge is 0.493 e. The van der Waals surface area contributed by atoms with Gasteiger partial charge in [-0.2, -0.15) is 5.26 Å². The second-order valence-corrected chi connectivity index (χ2v) is 6.82. The van der Waals surface area contributed by atoms with E-state index in [1.165, 1.54) is 25.3 Å². The lowest BCUT2D eigenvalue weighted by Gasteiger charge is -2.12. The van der Waals surface area contributed by atoms with Gasteiger partial charge in [0.2, 0.25) is 0 Å². The van der Waals surface area contributed by atoms with Crippen LogP contribution in [-0.2, 0) is 11.4 Å². The average Bonchev–Trinajstić information content (AvgIpc) is 2.78. The van der Waals surface area contributed by atoms with E-state index in [1.807, 2.05) is 25.1 Å². The number of amides is 1. The lowest BCUT2D eigenvalue weighted by atomic mass is 10.1. The second kappa shape index (κ2) is 10.1. The molecular weight excluding hydrogens is 395 g/mol.